The largest absolute Gasteiger partial charge is 0.312 e. The molecule has 0 bridgehead atoms. The molecule has 2 aromatic carbocycles. The van der Waals surface area contributed by atoms with Crippen molar-refractivity contribution in [1.82, 2.24) is 9.55 Å². The van der Waals surface area contributed by atoms with E-state index in [1.165, 1.54) is 11.8 Å². The summed E-state index contributed by atoms with van der Waals surface area (Å²) >= 11 is 1.33. The summed E-state index contributed by atoms with van der Waals surface area (Å²) in [5, 5.41) is 0.810. The number of aromatic nitrogens is 2. The van der Waals surface area contributed by atoms with Gasteiger partial charge in [-0.05, 0) is 45.0 Å². The maximum Gasteiger partial charge on any atom is 0.262 e. The van der Waals surface area contributed by atoms with E-state index in [-0.39, 0.29) is 16.7 Å². The van der Waals surface area contributed by atoms with Crippen molar-refractivity contribution in [3.05, 3.63) is 65.0 Å². The fourth-order valence-corrected chi connectivity index (χ4v) is 4.05. The molecule has 0 saturated carbocycles. The van der Waals surface area contributed by atoms with Crippen molar-refractivity contribution in [2.75, 3.05) is 11.4 Å². The molecule has 140 valence electrons. The van der Waals surface area contributed by atoms with Crippen LogP contribution in [0.5, 0.6) is 0 Å². The third-order valence-corrected chi connectivity index (χ3v) is 5.50. The number of hydrogen-bond acceptors (Lipinski definition) is 4. The molecule has 0 radical (unpaired) electrons. The minimum absolute atomic E-state index is 0.00115. The van der Waals surface area contributed by atoms with Crippen molar-refractivity contribution < 1.29 is 4.79 Å². The highest BCUT2D eigenvalue weighted by atomic mass is 32.2. The second-order valence-electron chi connectivity index (χ2n) is 6.14. The van der Waals surface area contributed by atoms with Gasteiger partial charge in [0.25, 0.3) is 5.56 Å². The standard InChI is InChI=1S/C21H23N3O2S/c1-4-23(16-11-7-6-8-12-16)19(25)15(3)27-21-22-18-14-10-9-13-17(18)20(26)24(21)5-2/h6-15H,4-5H2,1-3H3/t15-/m0/s1. The van der Waals surface area contributed by atoms with Crippen molar-refractivity contribution in [3.8, 4) is 0 Å². The highest BCUT2D eigenvalue weighted by Crippen LogP contribution is 2.25. The summed E-state index contributed by atoms with van der Waals surface area (Å²) in [5.74, 6) is -0.00115. The van der Waals surface area contributed by atoms with Crippen LogP contribution >= 0.6 is 11.8 Å². The zero-order valence-corrected chi connectivity index (χ0v) is 16.6. The lowest BCUT2D eigenvalue weighted by Gasteiger charge is -2.24. The first-order valence-electron chi connectivity index (χ1n) is 9.09. The van der Waals surface area contributed by atoms with Crippen molar-refractivity contribution in [2.45, 2.75) is 37.7 Å². The van der Waals surface area contributed by atoms with E-state index >= 15 is 0 Å². The topological polar surface area (TPSA) is 55.2 Å². The summed E-state index contributed by atoms with van der Waals surface area (Å²) in [6, 6.07) is 16.9. The maximum absolute atomic E-state index is 13.0. The Kier molecular flexibility index (Phi) is 5.96. The second kappa shape index (κ2) is 8.39. The molecule has 0 fully saturated rings. The Balaban J connectivity index is 1.92. The number of anilines is 1. The van der Waals surface area contributed by atoms with Gasteiger partial charge < -0.3 is 4.90 Å². The lowest BCUT2D eigenvalue weighted by Crippen LogP contribution is -2.37. The van der Waals surface area contributed by atoms with E-state index in [4.69, 9.17) is 0 Å². The second-order valence-corrected chi connectivity index (χ2v) is 7.45. The zero-order valence-electron chi connectivity index (χ0n) is 15.8. The average molecular weight is 382 g/mol. The molecule has 1 heterocycles. The predicted octanol–water partition coefficient (Wildman–Crippen LogP) is 3.95. The molecule has 1 amide bonds. The monoisotopic (exact) mass is 381 g/mol. The molecular formula is C21H23N3O2S. The number of carbonyl (C=O) groups excluding carboxylic acids is 1. The van der Waals surface area contributed by atoms with Crippen LogP contribution in [0.3, 0.4) is 0 Å². The first-order chi connectivity index (χ1) is 13.1. The first-order valence-corrected chi connectivity index (χ1v) is 9.97. The van der Waals surface area contributed by atoms with Crippen LogP contribution in [-0.4, -0.2) is 27.3 Å². The van der Waals surface area contributed by atoms with E-state index in [0.29, 0.717) is 29.1 Å². The van der Waals surface area contributed by atoms with Crippen molar-refractivity contribution >= 4 is 34.3 Å². The van der Waals surface area contributed by atoms with Gasteiger partial charge in [-0.15, -0.1) is 0 Å². The van der Waals surface area contributed by atoms with E-state index in [9.17, 15) is 9.59 Å². The molecule has 1 aromatic heterocycles. The van der Waals surface area contributed by atoms with Gasteiger partial charge in [0.15, 0.2) is 5.16 Å². The van der Waals surface area contributed by atoms with Crippen molar-refractivity contribution in [1.29, 1.82) is 0 Å². The molecule has 3 aromatic rings. The number of amides is 1. The molecule has 0 spiro atoms. The molecule has 0 aliphatic rings. The van der Waals surface area contributed by atoms with Crippen LogP contribution in [0, 0.1) is 0 Å². The van der Waals surface area contributed by atoms with Crippen molar-refractivity contribution in [3.63, 3.8) is 0 Å². The molecule has 0 N–H and O–H groups in total. The Morgan fingerprint density at radius 1 is 1.11 bits per heavy atom. The Bertz CT molecular complexity index is 1000. The molecule has 1 atom stereocenters. The number of fused-ring (bicyclic) bond motifs is 1. The van der Waals surface area contributed by atoms with Gasteiger partial charge in [-0.3, -0.25) is 14.2 Å². The molecule has 5 nitrogen and oxygen atoms in total. The predicted molar refractivity (Wildman–Crippen MR) is 111 cm³/mol. The number of para-hydroxylation sites is 2. The minimum Gasteiger partial charge on any atom is -0.312 e. The Labute approximate surface area is 163 Å². The van der Waals surface area contributed by atoms with Gasteiger partial charge in [-0.2, -0.15) is 0 Å². The van der Waals surface area contributed by atoms with Gasteiger partial charge in [0.1, 0.15) is 0 Å². The highest BCUT2D eigenvalue weighted by molar-refractivity contribution is 8.00. The van der Waals surface area contributed by atoms with Gasteiger partial charge in [-0.25, -0.2) is 4.98 Å². The van der Waals surface area contributed by atoms with Crippen LogP contribution in [0.4, 0.5) is 5.69 Å². The molecule has 0 aliphatic carbocycles. The maximum atomic E-state index is 13.0. The van der Waals surface area contributed by atoms with Crippen LogP contribution in [0.2, 0.25) is 0 Å². The van der Waals surface area contributed by atoms with Crippen LogP contribution in [-0.2, 0) is 11.3 Å². The lowest BCUT2D eigenvalue weighted by atomic mass is 10.2. The SMILES string of the molecule is CCN(C(=O)[C@H](C)Sc1nc2ccccc2c(=O)n1CC)c1ccccc1. The van der Waals surface area contributed by atoms with Gasteiger partial charge in [0.2, 0.25) is 5.91 Å². The Hall–Kier alpha value is -2.60. The number of hydrogen-bond donors (Lipinski definition) is 0. The van der Waals surface area contributed by atoms with Crippen LogP contribution < -0.4 is 10.5 Å². The third kappa shape index (κ3) is 3.90. The molecule has 0 saturated heterocycles. The Morgan fingerprint density at radius 2 is 1.78 bits per heavy atom. The molecule has 6 heteroatoms. The minimum atomic E-state index is -0.365. The van der Waals surface area contributed by atoms with Gasteiger partial charge in [0, 0.05) is 18.8 Å². The van der Waals surface area contributed by atoms with Crippen LogP contribution in [0.1, 0.15) is 20.8 Å². The van der Waals surface area contributed by atoms with E-state index in [1.807, 2.05) is 69.3 Å². The number of thioether (sulfide) groups is 1. The highest BCUT2D eigenvalue weighted by Gasteiger charge is 2.24. The van der Waals surface area contributed by atoms with Gasteiger partial charge >= 0.3 is 0 Å². The summed E-state index contributed by atoms with van der Waals surface area (Å²) in [7, 11) is 0. The zero-order chi connectivity index (χ0) is 19.4. The third-order valence-electron chi connectivity index (χ3n) is 4.42. The number of rotatable bonds is 6. The Morgan fingerprint density at radius 3 is 2.44 bits per heavy atom. The molecule has 3 rings (SSSR count). The molecule has 0 unspecified atom stereocenters. The molecule has 0 aliphatic heterocycles. The smallest absolute Gasteiger partial charge is 0.262 e. The normalized spacial score (nSPS) is 12.1. The quantitative estimate of drug-likeness (QED) is 0.479. The summed E-state index contributed by atoms with van der Waals surface area (Å²) in [6.45, 7) is 6.82. The number of nitrogens with zero attached hydrogens (tertiary/aromatic N) is 3. The van der Waals surface area contributed by atoms with E-state index in [2.05, 4.69) is 4.98 Å². The van der Waals surface area contributed by atoms with Gasteiger partial charge in [-0.1, -0.05) is 42.1 Å². The number of benzene rings is 2. The molecule has 27 heavy (non-hydrogen) atoms. The number of carbonyl (C=O) groups is 1. The summed E-state index contributed by atoms with van der Waals surface area (Å²) in [6.07, 6.45) is 0. The average Bonchev–Trinajstić information content (AvgIpc) is 2.69. The first kappa shape index (κ1) is 19.2. The molecular weight excluding hydrogens is 358 g/mol. The van der Waals surface area contributed by atoms with Crippen LogP contribution in [0.15, 0.2) is 64.5 Å². The fraction of sp³-hybridized carbons (Fsp3) is 0.286. The van der Waals surface area contributed by atoms with Crippen LogP contribution in [0.25, 0.3) is 10.9 Å². The fourth-order valence-electron chi connectivity index (χ4n) is 3.02. The van der Waals surface area contributed by atoms with E-state index in [1.54, 1.807) is 15.5 Å². The van der Waals surface area contributed by atoms with Crippen molar-refractivity contribution in [2.24, 2.45) is 0 Å². The van der Waals surface area contributed by atoms with E-state index in [0.717, 1.165) is 5.69 Å². The summed E-state index contributed by atoms with van der Waals surface area (Å²) in [5.41, 5.74) is 1.46. The summed E-state index contributed by atoms with van der Waals surface area (Å²) in [4.78, 5) is 32.2. The lowest BCUT2D eigenvalue weighted by molar-refractivity contribution is -0.117. The van der Waals surface area contributed by atoms with Gasteiger partial charge in [0.05, 0.1) is 16.2 Å². The van der Waals surface area contributed by atoms with E-state index < -0.39 is 0 Å². The summed E-state index contributed by atoms with van der Waals surface area (Å²) < 4.78 is 1.63.